The average molecular weight is 426 g/mol. The van der Waals surface area contributed by atoms with Crippen molar-refractivity contribution in [1.82, 2.24) is 4.98 Å². The molecule has 0 bridgehead atoms. The smallest absolute Gasteiger partial charge is 0.267 e. The molecule has 0 unspecified atom stereocenters. The van der Waals surface area contributed by atoms with E-state index in [0.717, 1.165) is 11.1 Å². The molecule has 0 aliphatic heterocycles. The molecule has 30 heavy (non-hydrogen) atoms. The van der Waals surface area contributed by atoms with Gasteiger partial charge in [0.2, 0.25) is 5.91 Å². The number of aryl methyl sites for hydroxylation is 2. The van der Waals surface area contributed by atoms with Crippen molar-refractivity contribution in [3.63, 3.8) is 0 Å². The summed E-state index contributed by atoms with van der Waals surface area (Å²) >= 11 is 1.29. The molecule has 0 fully saturated rings. The van der Waals surface area contributed by atoms with Crippen LogP contribution in [0, 0.1) is 13.8 Å². The number of methoxy groups -OCH3 is 2. The van der Waals surface area contributed by atoms with Gasteiger partial charge < -0.3 is 20.1 Å². The largest absolute Gasteiger partial charge is 0.493 e. The summed E-state index contributed by atoms with van der Waals surface area (Å²) in [7, 11) is 3.15. The Morgan fingerprint density at radius 1 is 0.933 bits per heavy atom. The van der Waals surface area contributed by atoms with Gasteiger partial charge in [-0.3, -0.25) is 9.59 Å². The number of nitrogens with one attached hydrogen (secondary N) is 2. The molecule has 0 aliphatic carbocycles. The Morgan fingerprint density at radius 3 is 2.33 bits per heavy atom. The van der Waals surface area contributed by atoms with Gasteiger partial charge in [-0.1, -0.05) is 6.07 Å². The van der Waals surface area contributed by atoms with Gasteiger partial charge in [-0.2, -0.15) is 0 Å². The lowest BCUT2D eigenvalue weighted by atomic mass is 10.2. The maximum atomic E-state index is 13.0. The number of amides is 2. The molecule has 0 saturated carbocycles. The van der Waals surface area contributed by atoms with Crippen LogP contribution in [0.4, 0.5) is 11.4 Å². The zero-order valence-electron chi connectivity index (χ0n) is 17.5. The maximum absolute atomic E-state index is 13.0. The summed E-state index contributed by atoms with van der Waals surface area (Å²) in [6.07, 6.45) is 0. The van der Waals surface area contributed by atoms with Crippen molar-refractivity contribution in [2.24, 2.45) is 0 Å². The molecule has 1 heterocycles. The highest BCUT2D eigenvalue weighted by Gasteiger charge is 2.19. The van der Waals surface area contributed by atoms with Crippen LogP contribution in [0.15, 0.2) is 36.4 Å². The van der Waals surface area contributed by atoms with Gasteiger partial charge >= 0.3 is 0 Å². The first-order chi connectivity index (χ1) is 14.3. The van der Waals surface area contributed by atoms with Crippen molar-refractivity contribution in [1.29, 1.82) is 0 Å². The summed E-state index contributed by atoms with van der Waals surface area (Å²) in [5.74, 6) is 0.721. The van der Waals surface area contributed by atoms with Gasteiger partial charge in [-0.25, -0.2) is 4.98 Å². The van der Waals surface area contributed by atoms with E-state index < -0.39 is 0 Å². The molecule has 7 nitrogen and oxygen atoms in total. The predicted octanol–water partition coefficient (Wildman–Crippen LogP) is 4.65. The number of benzene rings is 2. The number of aromatic nitrogens is 1. The quantitative estimate of drug-likeness (QED) is 0.600. The molecule has 0 radical (unpaired) electrons. The highest BCUT2D eigenvalue weighted by molar-refractivity contribution is 7.17. The van der Waals surface area contributed by atoms with Crippen LogP contribution in [0.5, 0.6) is 11.5 Å². The van der Waals surface area contributed by atoms with Gasteiger partial charge in [0, 0.05) is 12.5 Å². The van der Waals surface area contributed by atoms with E-state index in [1.165, 1.54) is 18.3 Å². The zero-order valence-corrected chi connectivity index (χ0v) is 18.3. The van der Waals surface area contributed by atoms with E-state index in [-0.39, 0.29) is 11.8 Å². The molecule has 0 spiro atoms. The molecule has 8 heteroatoms. The highest BCUT2D eigenvalue weighted by atomic mass is 32.1. The number of nitrogens with zero attached hydrogens (tertiary/aromatic N) is 1. The van der Waals surface area contributed by atoms with E-state index in [9.17, 15) is 9.59 Å². The molecule has 2 N–H and O–H groups in total. The van der Waals surface area contributed by atoms with E-state index in [1.807, 2.05) is 31.2 Å². The Morgan fingerprint density at radius 2 is 1.67 bits per heavy atom. The Balaban J connectivity index is 1.90. The van der Waals surface area contributed by atoms with Gasteiger partial charge in [-0.15, -0.1) is 11.3 Å². The summed E-state index contributed by atoms with van der Waals surface area (Å²) in [4.78, 5) is 29.5. The molecule has 2 aromatic carbocycles. The third kappa shape index (κ3) is 4.60. The van der Waals surface area contributed by atoms with E-state index in [0.29, 0.717) is 38.5 Å². The highest BCUT2D eigenvalue weighted by Crippen LogP contribution is 2.35. The molecule has 3 aromatic rings. The van der Waals surface area contributed by atoms with Gasteiger partial charge in [0.1, 0.15) is 9.88 Å². The molecule has 156 valence electrons. The monoisotopic (exact) mass is 425 g/mol. The standard InChI is InChI=1S/C22H23N3O4S/c1-12-6-8-16(24-14(3)26)17(10-12)25-21(27)20-13(2)23-22(30-20)15-7-9-18(28-4)19(11-15)29-5/h6-11H,1-5H3,(H,24,26)(H,25,27). The first-order valence-electron chi connectivity index (χ1n) is 9.21. The second-order valence-corrected chi connectivity index (χ2v) is 7.69. The second kappa shape index (κ2) is 8.96. The Bertz CT molecular complexity index is 1110. The number of carbonyl (C=O) groups is 2. The van der Waals surface area contributed by atoms with E-state index in [1.54, 1.807) is 33.3 Å². The SMILES string of the molecule is COc1ccc(-c2nc(C)c(C(=O)Nc3cc(C)ccc3NC(C)=O)s2)cc1OC. The summed E-state index contributed by atoms with van der Waals surface area (Å²) < 4.78 is 10.6. The van der Waals surface area contributed by atoms with Crippen molar-refractivity contribution >= 4 is 34.5 Å². The van der Waals surface area contributed by atoms with Crippen molar-refractivity contribution < 1.29 is 19.1 Å². The number of hydrogen-bond acceptors (Lipinski definition) is 6. The topological polar surface area (TPSA) is 89.5 Å². The lowest BCUT2D eigenvalue weighted by molar-refractivity contribution is -0.114. The van der Waals surface area contributed by atoms with Crippen LogP contribution in [0.2, 0.25) is 0 Å². The minimum atomic E-state index is -0.283. The molecular weight excluding hydrogens is 402 g/mol. The summed E-state index contributed by atoms with van der Waals surface area (Å²) in [5, 5.41) is 6.33. The molecule has 1 aromatic heterocycles. The van der Waals surface area contributed by atoms with Crippen LogP contribution in [0.25, 0.3) is 10.6 Å². The molecule has 0 saturated heterocycles. The second-order valence-electron chi connectivity index (χ2n) is 6.69. The van der Waals surface area contributed by atoms with E-state index >= 15 is 0 Å². The lowest BCUT2D eigenvalue weighted by Crippen LogP contribution is -2.15. The number of rotatable bonds is 6. The predicted molar refractivity (Wildman–Crippen MR) is 119 cm³/mol. The summed E-state index contributed by atoms with van der Waals surface area (Å²) in [6, 6.07) is 11.0. The van der Waals surface area contributed by atoms with Gasteiger partial charge in [0.25, 0.3) is 5.91 Å². The number of anilines is 2. The average Bonchev–Trinajstić information content (AvgIpc) is 3.11. The first-order valence-corrected chi connectivity index (χ1v) is 10.0. The van der Waals surface area contributed by atoms with Crippen molar-refractivity contribution in [3.8, 4) is 22.1 Å². The fourth-order valence-electron chi connectivity index (χ4n) is 2.94. The fourth-order valence-corrected chi connectivity index (χ4v) is 3.90. The van der Waals surface area contributed by atoms with Crippen LogP contribution < -0.4 is 20.1 Å². The van der Waals surface area contributed by atoms with Gasteiger partial charge in [-0.05, 0) is 49.7 Å². The number of thiazole rings is 1. The lowest BCUT2D eigenvalue weighted by Gasteiger charge is -2.12. The Hall–Kier alpha value is -3.39. The molecule has 3 rings (SSSR count). The van der Waals surface area contributed by atoms with Gasteiger partial charge in [0.05, 0.1) is 31.3 Å². The number of hydrogen-bond donors (Lipinski definition) is 2. The summed E-state index contributed by atoms with van der Waals surface area (Å²) in [6.45, 7) is 5.13. The fraction of sp³-hybridized carbons (Fsp3) is 0.227. The van der Waals surface area contributed by atoms with Crippen molar-refractivity contribution in [2.45, 2.75) is 20.8 Å². The van der Waals surface area contributed by atoms with E-state index in [4.69, 9.17) is 9.47 Å². The van der Waals surface area contributed by atoms with Gasteiger partial charge in [0.15, 0.2) is 11.5 Å². The minimum Gasteiger partial charge on any atom is -0.493 e. The van der Waals surface area contributed by atoms with Crippen molar-refractivity contribution in [2.75, 3.05) is 24.9 Å². The van der Waals surface area contributed by atoms with Crippen LogP contribution in [-0.2, 0) is 4.79 Å². The van der Waals surface area contributed by atoms with Crippen molar-refractivity contribution in [3.05, 3.63) is 52.5 Å². The van der Waals surface area contributed by atoms with Crippen LogP contribution >= 0.6 is 11.3 Å². The normalized spacial score (nSPS) is 10.4. The van der Waals surface area contributed by atoms with Crippen LogP contribution in [0.1, 0.15) is 27.9 Å². The minimum absolute atomic E-state index is 0.209. The third-order valence-electron chi connectivity index (χ3n) is 4.37. The zero-order chi connectivity index (χ0) is 21.8. The number of ether oxygens (including phenoxy) is 2. The molecule has 0 aliphatic rings. The van der Waals surface area contributed by atoms with Crippen LogP contribution in [0.3, 0.4) is 0 Å². The maximum Gasteiger partial charge on any atom is 0.267 e. The molecular formula is C22H23N3O4S. The molecule has 0 atom stereocenters. The van der Waals surface area contributed by atoms with Crippen LogP contribution in [-0.4, -0.2) is 31.0 Å². The Labute approximate surface area is 179 Å². The van der Waals surface area contributed by atoms with E-state index in [2.05, 4.69) is 15.6 Å². The summed E-state index contributed by atoms with van der Waals surface area (Å²) in [5.41, 5.74) is 3.50. The third-order valence-corrected chi connectivity index (χ3v) is 5.57. The molecule has 2 amide bonds. The number of carbonyl (C=O) groups excluding carboxylic acids is 2. The first kappa shape index (κ1) is 21.3. The Kier molecular flexibility index (Phi) is 6.37.